The molecule has 8 saturated carbocycles. The van der Waals surface area contributed by atoms with Crippen LogP contribution in [0.15, 0.2) is 12.2 Å². The molecule has 0 atom stereocenters. The molecule has 0 aromatic heterocycles. The Labute approximate surface area is 336 Å². The molecule has 0 N–H and O–H groups in total. The van der Waals surface area contributed by atoms with Crippen LogP contribution in [0.25, 0.3) is 0 Å². The lowest BCUT2D eigenvalue weighted by Crippen LogP contribution is -2.52. The Morgan fingerprint density at radius 2 is 0.519 bits per heavy atom. The molecule has 0 aliphatic heterocycles. The molecule has 8 rings (SSSR count). The zero-order chi connectivity index (χ0) is 36.4. The molecule has 0 radical (unpaired) electrons. The molecule has 8 aliphatic carbocycles. The molecule has 2 heteroatoms. The molecule has 8 fully saturated rings. The van der Waals surface area contributed by atoms with Crippen molar-refractivity contribution in [2.75, 3.05) is 0 Å². The van der Waals surface area contributed by atoms with Gasteiger partial charge in [-0.05, 0) is 177 Å². The highest BCUT2D eigenvalue weighted by atomic mass is 15.2. The lowest BCUT2D eigenvalue weighted by Gasteiger charge is -2.48. The van der Waals surface area contributed by atoms with Crippen LogP contribution in [0, 0.1) is 35.5 Å². The Morgan fingerprint density at radius 1 is 0.259 bits per heavy atom. The third-order valence-corrected chi connectivity index (χ3v) is 18.4. The van der Waals surface area contributed by atoms with E-state index in [0.29, 0.717) is 0 Å². The summed E-state index contributed by atoms with van der Waals surface area (Å²) in [6.45, 7) is 0. The van der Waals surface area contributed by atoms with Crippen molar-refractivity contribution in [3.63, 3.8) is 0 Å². The molecule has 0 aromatic rings. The molecule has 0 heterocycles. The van der Waals surface area contributed by atoms with Gasteiger partial charge in [0.15, 0.2) is 0 Å². The molecule has 0 aromatic carbocycles. The summed E-state index contributed by atoms with van der Waals surface area (Å²) >= 11 is 0. The largest absolute Gasteiger partial charge is 0.294 e. The number of hydrogen-bond acceptors (Lipinski definition) is 2. The van der Waals surface area contributed by atoms with Crippen LogP contribution >= 0.6 is 0 Å². The van der Waals surface area contributed by atoms with Crippen molar-refractivity contribution in [2.24, 2.45) is 35.5 Å². The van der Waals surface area contributed by atoms with Crippen molar-refractivity contribution in [1.82, 2.24) is 9.80 Å². The molecule has 0 amide bonds. The van der Waals surface area contributed by atoms with Crippen molar-refractivity contribution in [3.05, 3.63) is 12.2 Å². The lowest BCUT2D eigenvalue weighted by atomic mass is 9.68. The van der Waals surface area contributed by atoms with Gasteiger partial charge in [0.2, 0.25) is 0 Å². The SMILES string of the molecule is C(=C\C1CCC(N(C2CCCCC2)C2CCCCC2)CC1)/C1CCC(C2CCC(CCC3CCC(N(C4CCCCC4)C4CCCCC4)CC3)CC2)CC1. The zero-order valence-electron chi connectivity index (χ0n) is 35.8. The van der Waals surface area contributed by atoms with Crippen molar-refractivity contribution in [1.29, 1.82) is 0 Å². The van der Waals surface area contributed by atoms with E-state index in [4.69, 9.17) is 0 Å². The number of allylic oxidation sites excluding steroid dienone is 2. The van der Waals surface area contributed by atoms with E-state index in [-0.39, 0.29) is 0 Å². The second-order valence-corrected chi connectivity index (χ2v) is 21.7. The normalized spacial score (nSPS) is 38.0. The molecule has 8 aliphatic rings. The minimum absolute atomic E-state index is 0.877. The van der Waals surface area contributed by atoms with Crippen LogP contribution in [0.4, 0.5) is 0 Å². The number of nitrogens with zero attached hydrogens (tertiary/aromatic N) is 2. The van der Waals surface area contributed by atoms with E-state index < -0.39 is 0 Å². The maximum Gasteiger partial charge on any atom is 0.0102 e. The first-order valence-electron chi connectivity index (χ1n) is 26.0. The first-order chi connectivity index (χ1) is 26.8. The van der Waals surface area contributed by atoms with Gasteiger partial charge in [0, 0.05) is 36.3 Å². The van der Waals surface area contributed by atoms with E-state index in [1.54, 1.807) is 51.4 Å². The smallest absolute Gasteiger partial charge is 0.0102 e. The first kappa shape index (κ1) is 40.4. The minimum atomic E-state index is 0.877. The quantitative estimate of drug-likeness (QED) is 0.184. The van der Waals surface area contributed by atoms with Gasteiger partial charge in [-0.15, -0.1) is 0 Å². The Kier molecular flexibility index (Phi) is 15.8. The highest BCUT2D eigenvalue weighted by Gasteiger charge is 2.38. The zero-order valence-corrected chi connectivity index (χ0v) is 35.8. The van der Waals surface area contributed by atoms with Gasteiger partial charge in [0.05, 0.1) is 0 Å². The van der Waals surface area contributed by atoms with Crippen LogP contribution in [-0.2, 0) is 0 Å². The van der Waals surface area contributed by atoms with Crippen LogP contribution in [0.5, 0.6) is 0 Å². The van der Waals surface area contributed by atoms with Gasteiger partial charge in [0.25, 0.3) is 0 Å². The number of rotatable bonds is 12. The standard InChI is InChI=1S/C52H90N2/c1-5-13-47(14-6-1)53(48-15-7-2-8-16-48)51-37-29-43(30-38-51)23-21-41-25-33-45(34-26-41)46-35-27-42(28-36-46)22-24-44-31-39-52(40-32-44)54(49-17-9-3-10-18-49)50-19-11-4-12-20-50/h21,23,41-52H,1-20,22,24-40H2/b23-21+. The summed E-state index contributed by atoms with van der Waals surface area (Å²) in [6, 6.07) is 5.56. The van der Waals surface area contributed by atoms with Crippen molar-refractivity contribution in [2.45, 2.75) is 280 Å². The van der Waals surface area contributed by atoms with E-state index in [1.165, 1.54) is 193 Å². The summed E-state index contributed by atoms with van der Waals surface area (Å²) in [5, 5.41) is 0. The molecule has 54 heavy (non-hydrogen) atoms. The third kappa shape index (κ3) is 11.0. The summed E-state index contributed by atoms with van der Waals surface area (Å²) in [5.41, 5.74) is 0. The van der Waals surface area contributed by atoms with Gasteiger partial charge < -0.3 is 0 Å². The lowest BCUT2D eigenvalue weighted by molar-refractivity contribution is 0.0143. The van der Waals surface area contributed by atoms with Crippen LogP contribution in [0.2, 0.25) is 0 Å². The molecule has 308 valence electrons. The van der Waals surface area contributed by atoms with Gasteiger partial charge in [-0.1, -0.05) is 115 Å². The van der Waals surface area contributed by atoms with Gasteiger partial charge >= 0.3 is 0 Å². The maximum atomic E-state index is 3.19. The van der Waals surface area contributed by atoms with Gasteiger partial charge in [-0.2, -0.15) is 0 Å². The Bertz CT molecular complexity index is 1010. The summed E-state index contributed by atoms with van der Waals surface area (Å²) in [5.74, 6) is 6.01. The summed E-state index contributed by atoms with van der Waals surface area (Å²) in [4.78, 5) is 6.36. The predicted molar refractivity (Wildman–Crippen MR) is 232 cm³/mol. The summed E-state index contributed by atoms with van der Waals surface area (Å²) in [6.07, 6.45) is 63.1. The maximum absolute atomic E-state index is 3.19. The minimum Gasteiger partial charge on any atom is -0.294 e. The topological polar surface area (TPSA) is 6.48 Å². The number of hydrogen-bond donors (Lipinski definition) is 0. The van der Waals surface area contributed by atoms with Crippen molar-refractivity contribution >= 4 is 0 Å². The van der Waals surface area contributed by atoms with Gasteiger partial charge in [-0.3, -0.25) is 9.80 Å². The summed E-state index contributed by atoms with van der Waals surface area (Å²) < 4.78 is 0. The van der Waals surface area contributed by atoms with Gasteiger partial charge in [0.1, 0.15) is 0 Å². The first-order valence-corrected chi connectivity index (χ1v) is 26.0. The highest BCUT2D eigenvalue weighted by molar-refractivity contribution is 4.99. The van der Waals surface area contributed by atoms with Crippen molar-refractivity contribution in [3.8, 4) is 0 Å². The molecular formula is C52H90N2. The van der Waals surface area contributed by atoms with E-state index in [2.05, 4.69) is 22.0 Å². The van der Waals surface area contributed by atoms with Gasteiger partial charge in [-0.25, -0.2) is 0 Å². The van der Waals surface area contributed by atoms with Crippen LogP contribution in [0.1, 0.15) is 244 Å². The Hall–Kier alpha value is -0.340. The van der Waals surface area contributed by atoms with Crippen LogP contribution in [-0.4, -0.2) is 46.1 Å². The molecule has 2 nitrogen and oxygen atoms in total. The molecule has 0 spiro atoms. The average molecular weight is 743 g/mol. The molecular weight excluding hydrogens is 653 g/mol. The van der Waals surface area contributed by atoms with Crippen molar-refractivity contribution < 1.29 is 0 Å². The van der Waals surface area contributed by atoms with Crippen LogP contribution < -0.4 is 0 Å². The van der Waals surface area contributed by atoms with E-state index in [1.807, 2.05) is 0 Å². The molecule has 0 bridgehead atoms. The Balaban J connectivity index is 0.706. The third-order valence-electron chi connectivity index (χ3n) is 18.4. The summed E-state index contributed by atoms with van der Waals surface area (Å²) in [7, 11) is 0. The fourth-order valence-electron chi connectivity index (χ4n) is 15.2. The second kappa shape index (κ2) is 21.1. The van der Waals surface area contributed by atoms with E-state index in [9.17, 15) is 0 Å². The molecule has 0 saturated heterocycles. The monoisotopic (exact) mass is 743 g/mol. The second-order valence-electron chi connectivity index (χ2n) is 21.7. The fraction of sp³-hybridized carbons (Fsp3) is 0.962. The fourth-order valence-corrected chi connectivity index (χ4v) is 15.2. The van der Waals surface area contributed by atoms with E-state index in [0.717, 1.165) is 71.8 Å². The van der Waals surface area contributed by atoms with Crippen LogP contribution in [0.3, 0.4) is 0 Å². The Morgan fingerprint density at radius 3 is 0.870 bits per heavy atom. The highest BCUT2D eigenvalue weighted by Crippen LogP contribution is 2.45. The average Bonchev–Trinajstić information content (AvgIpc) is 3.25. The predicted octanol–water partition coefficient (Wildman–Crippen LogP) is 15.0. The van der Waals surface area contributed by atoms with E-state index >= 15 is 0 Å². The molecule has 0 unspecified atom stereocenters.